The van der Waals surface area contributed by atoms with Gasteiger partial charge in [0.2, 0.25) is 0 Å². The highest BCUT2D eigenvalue weighted by atomic mass is 15.4. The Morgan fingerprint density at radius 1 is 1.04 bits per heavy atom. The van der Waals surface area contributed by atoms with Crippen LogP contribution in [0, 0.1) is 0 Å². The summed E-state index contributed by atoms with van der Waals surface area (Å²) in [5, 5.41) is 13.4. The maximum Gasteiger partial charge on any atom is 0.178 e. The summed E-state index contributed by atoms with van der Waals surface area (Å²) in [5.74, 6) is 2.56. The molecule has 1 saturated carbocycles. The van der Waals surface area contributed by atoms with E-state index in [2.05, 4.69) is 50.2 Å². The van der Waals surface area contributed by atoms with Crippen LogP contribution in [-0.4, -0.2) is 51.0 Å². The van der Waals surface area contributed by atoms with E-state index in [9.17, 15) is 0 Å². The Hall–Kier alpha value is -2.70. The van der Waals surface area contributed by atoms with Gasteiger partial charge in [0.15, 0.2) is 11.5 Å². The second-order valence-corrected chi connectivity index (χ2v) is 7.02. The number of aromatic nitrogens is 5. The maximum atomic E-state index is 4.82. The van der Waals surface area contributed by atoms with Crippen molar-refractivity contribution in [2.45, 2.75) is 31.2 Å². The van der Waals surface area contributed by atoms with Crippen molar-refractivity contribution in [3.8, 4) is 0 Å². The van der Waals surface area contributed by atoms with Gasteiger partial charge in [-0.05, 0) is 37.1 Å². The van der Waals surface area contributed by atoms with Gasteiger partial charge in [0.1, 0.15) is 5.82 Å². The van der Waals surface area contributed by atoms with Crippen LogP contribution in [0.15, 0.2) is 36.7 Å². The van der Waals surface area contributed by atoms with E-state index in [1.165, 1.54) is 24.9 Å². The zero-order valence-electron chi connectivity index (χ0n) is 14.3. The van der Waals surface area contributed by atoms with Crippen LogP contribution in [0.25, 0.3) is 5.65 Å². The molecule has 1 aliphatic carbocycles. The molecule has 0 aromatic carbocycles. The van der Waals surface area contributed by atoms with Gasteiger partial charge in [0.05, 0.1) is 6.04 Å². The van der Waals surface area contributed by atoms with Crippen LogP contribution in [0.2, 0.25) is 0 Å². The van der Waals surface area contributed by atoms with Gasteiger partial charge in [0, 0.05) is 44.1 Å². The van der Waals surface area contributed by atoms with Gasteiger partial charge in [-0.25, -0.2) is 0 Å². The molecule has 0 N–H and O–H groups in total. The van der Waals surface area contributed by atoms with Crippen molar-refractivity contribution < 1.29 is 0 Å². The van der Waals surface area contributed by atoms with E-state index in [1.54, 1.807) is 0 Å². The van der Waals surface area contributed by atoms with Crippen LogP contribution in [0.1, 0.15) is 31.0 Å². The molecule has 128 valence electrons. The first-order chi connectivity index (χ1) is 12.3. The van der Waals surface area contributed by atoms with Gasteiger partial charge in [-0.3, -0.25) is 4.98 Å². The first kappa shape index (κ1) is 14.6. The first-order valence-corrected chi connectivity index (χ1v) is 8.90. The summed E-state index contributed by atoms with van der Waals surface area (Å²) < 4.78 is 1.94. The average Bonchev–Trinajstić information content (AvgIpc) is 2.96. The lowest BCUT2D eigenvalue weighted by molar-refractivity contribution is 0.394. The second kappa shape index (κ2) is 5.68. The molecule has 1 saturated heterocycles. The Balaban J connectivity index is 1.33. The normalized spacial score (nSPS) is 18.2. The van der Waals surface area contributed by atoms with Gasteiger partial charge < -0.3 is 9.80 Å². The van der Waals surface area contributed by atoms with Gasteiger partial charge in [-0.2, -0.15) is 4.52 Å². The Kier molecular flexibility index (Phi) is 3.33. The standard InChI is InChI=1S/C18H21N7/c1-23(14-7-9-19-10-8-14)15-11-24(12-15)17-6-5-16-20-21-18(25(16)22-17)13-3-2-4-13/h5-10,13,15H,2-4,11-12H2,1H3. The third-order valence-electron chi connectivity index (χ3n) is 5.55. The van der Waals surface area contributed by atoms with Gasteiger partial charge in [-0.15, -0.1) is 15.3 Å². The first-order valence-electron chi connectivity index (χ1n) is 8.90. The number of nitrogens with zero attached hydrogens (tertiary/aromatic N) is 7. The molecule has 0 bridgehead atoms. The number of likely N-dealkylation sites (N-methyl/N-ethyl adjacent to an activating group) is 1. The van der Waals surface area contributed by atoms with Crippen molar-refractivity contribution in [3.63, 3.8) is 0 Å². The molecule has 3 aromatic rings. The minimum atomic E-state index is 0.493. The molecular formula is C18H21N7. The quantitative estimate of drug-likeness (QED) is 0.728. The highest BCUT2D eigenvalue weighted by Crippen LogP contribution is 2.35. The van der Waals surface area contributed by atoms with E-state index in [0.29, 0.717) is 12.0 Å². The Labute approximate surface area is 146 Å². The average molecular weight is 335 g/mol. The molecule has 0 atom stereocenters. The number of fused-ring (bicyclic) bond motifs is 1. The summed E-state index contributed by atoms with van der Waals surface area (Å²) in [5.41, 5.74) is 2.05. The van der Waals surface area contributed by atoms with Gasteiger partial charge >= 0.3 is 0 Å². The summed E-state index contributed by atoms with van der Waals surface area (Å²) in [6, 6.07) is 8.67. The van der Waals surface area contributed by atoms with Crippen LogP contribution in [0.3, 0.4) is 0 Å². The van der Waals surface area contributed by atoms with Crippen molar-refractivity contribution in [3.05, 3.63) is 42.5 Å². The molecule has 7 heteroatoms. The van der Waals surface area contributed by atoms with Crippen LogP contribution >= 0.6 is 0 Å². The third kappa shape index (κ3) is 2.42. The number of pyridine rings is 1. The van der Waals surface area contributed by atoms with E-state index in [4.69, 9.17) is 5.10 Å². The molecule has 5 rings (SSSR count). The molecule has 7 nitrogen and oxygen atoms in total. The summed E-state index contributed by atoms with van der Waals surface area (Å²) in [4.78, 5) is 8.72. The maximum absolute atomic E-state index is 4.82. The highest BCUT2D eigenvalue weighted by molar-refractivity contribution is 5.52. The molecule has 0 amide bonds. The van der Waals surface area contributed by atoms with Crippen LogP contribution in [-0.2, 0) is 0 Å². The molecule has 0 spiro atoms. The van der Waals surface area contributed by atoms with Crippen molar-refractivity contribution in [2.75, 3.05) is 29.9 Å². The van der Waals surface area contributed by atoms with Gasteiger partial charge in [0.25, 0.3) is 0 Å². The second-order valence-electron chi connectivity index (χ2n) is 7.02. The van der Waals surface area contributed by atoms with E-state index in [1.807, 2.05) is 23.0 Å². The van der Waals surface area contributed by atoms with Crippen molar-refractivity contribution in [2.24, 2.45) is 0 Å². The SMILES string of the molecule is CN(c1ccncc1)C1CN(c2ccc3nnc(C4CCC4)n3n2)C1. The van der Waals surface area contributed by atoms with E-state index in [0.717, 1.165) is 30.4 Å². The van der Waals surface area contributed by atoms with Crippen molar-refractivity contribution in [1.29, 1.82) is 0 Å². The fourth-order valence-corrected chi connectivity index (χ4v) is 3.56. The molecule has 2 fully saturated rings. The molecule has 4 heterocycles. The highest BCUT2D eigenvalue weighted by Gasteiger charge is 2.32. The molecule has 2 aliphatic rings. The molecule has 25 heavy (non-hydrogen) atoms. The molecule has 3 aromatic heterocycles. The minimum absolute atomic E-state index is 0.493. The zero-order valence-corrected chi connectivity index (χ0v) is 14.3. The van der Waals surface area contributed by atoms with Crippen molar-refractivity contribution >= 4 is 17.2 Å². The summed E-state index contributed by atoms with van der Waals surface area (Å²) in [6.07, 6.45) is 7.37. The summed E-state index contributed by atoms with van der Waals surface area (Å²) in [7, 11) is 2.14. The fourth-order valence-electron chi connectivity index (χ4n) is 3.56. The lowest BCUT2D eigenvalue weighted by Gasteiger charge is -2.45. The van der Waals surface area contributed by atoms with Gasteiger partial charge in [-0.1, -0.05) is 6.42 Å². The summed E-state index contributed by atoms with van der Waals surface area (Å²) in [6.45, 7) is 1.94. The third-order valence-corrected chi connectivity index (χ3v) is 5.55. The number of hydrogen-bond acceptors (Lipinski definition) is 6. The van der Waals surface area contributed by atoms with Crippen LogP contribution < -0.4 is 9.80 Å². The predicted molar refractivity (Wildman–Crippen MR) is 96.0 cm³/mol. The lowest BCUT2D eigenvalue weighted by Crippen LogP contribution is -2.59. The van der Waals surface area contributed by atoms with Crippen molar-refractivity contribution in [1.82, 2.24) is 24.8 Å². The van der Waals surface area contributed by atoms with Crippen LogP contribution in [0.5, 0.6) is 0 Å². The Bertz CT molecular complexity index is 881. The zero-order chi connectivity index (χ0) is 16.8. The number of anilines is 2. The Morgan fingerprint density at radius 2 is 1.84 bits per heavy atom. The number of hydrogen-bond donors (Lipinski definition) is 0. The molecular weight excluding hydrogens is 314 g/mol. The fraction of sp³-hybridized carbons (Fsp3) is 0.444. The summed E-state index contributed by atoms with van der Waals surface area (Å²) >= 11 is 0. The number of rotatable bonds is 4. The van der Waals surface area contributed by atoms with E-state index in [-0.39, 0.29) is 0 Å². The minimum Gasteiger partial charge on any atom is -0.368 e. The monoisotopic (exact) mass is 335 g/mol. The largest absolute Gasteiger partial charge is 0.368 e. The lowest BCUT2D eigenvalue weighted by atomic mass is 9.85. The van der Waals surface area contributed by atoms with E-state index >= 15 is 0 Å². The topological polar surface area (TPSA) is 62.5 Å². The molecule has 0 radical (unpaired) electrons. The predicted octanol–water partition coefficient (Wildman–Crippen LogP) is 2.11. The molecule has 1 aliphatic heterocycles. The van der Waals surface area contributed by atoms with Crippen LogP contribution in [0.4, 0.5) is 11.5 Å². The molecule has 0 unspecified atom stereocenters. The smallest absolute Gasteiger partial charge is 0.178 e. The van der Waals surface area contributed by atoms with E-state index < -0.39 is 0 Å². The Morgan fingerprint density at radius 3 is 2.56 bits per heavy atom.